The zero-order valence-corrected chi connectivity index (χ0v) is 12.8. The first-order valence-electron chi connectivity index (χ1n) is 6.61. The molecular formula is C15H14ClNO3S. The number of furan rings is 1. The molecule has 0 spiro atoms. The topological polar surface area (TPSA) is 59.6 Å². The molecule has 21 heavy (non-hydrogen) atoms. The highest BCUT2D eigenvalue weighted by Crippen LogP contribution is 2.24. The molecule has 1 aromatic heterocycles. The predicted octanol–water partition coefficient (Wildman–Crippen LogP) is 3.21. The van der Waals surface area contributed by atoms with Gasteiger partial charge in [0.2, 0.25) is 0 Å². The summed E-state index contributed by atoms with van der Waals surface area (Å²) in [5, 5.41) is 0.648. The first-order valence-corrected chi connectivity index (χ1v) is 8.81. The Morgan fingerprint density at radius 3 is 2.86 bits per heavy atom. The molecule has 3 rings (SSSR count). The van der Waals surface area contributed by atoms with Crippen LogP contribution in [0.5, 0.6) is 0 Å². The maximum atomic E-state index is 11.4. The van der Waals surface area contributed by atoms with E-state index in [2.05, 4.69) is 4.99 Å². The van der Waals surface area contributed by atoms with Crippen LogP contribution in [-0.4, -0.2) is 32.2 Å². The highest BCUT2D eigenvalue weighted by molar-refractivity contribution is 7.91. The standard InChI is InChI=1S/C15H14ClNO3S/c16-12-3-1-2-11(8-12)15-5-4-14(20-15)9-17-13-6-7-21(18,19)10-13/h1-5,8-9,13H,6-7,10H2/t13-/m1/s1. The van der Waals surface area contributed by atoms with Crippen molar-refractivity contribution in [2.75, 3.05) is 11.5 Å². The molecule has 1 aromatic carbocycles. The highest BCUT2D eigenvalue weighted by atomic mass is 35.5. The van der Waals surface area contributed by atoms with Gasteiger partial charge < -0.3 is 4.42 Å². The molecule has 0 unspecified atom stereocenters. The molecule has 2 aromatic rings. The molecule has 110 valence electrons. The molecule has 0 aliphatic carbocycles. The van der Waals surface area contributed by atoms with Crippen LogP contribution in [0.25, 0.3) is 11.3 Å². The maximum absolute atomic E-state index is 11.4. The molecular weight excluding hydrogens is 310 g/mol. The second-order valence-electron chi connectivity index (χ2n) is 5.05. The van der Waals surface area contributed by atoms with Gasteiger partial charge in [-0.1, -0.05) is 23.7 Å². The van der Waals surface area contributed by atoms with Gasteiger partial charge in [0, 0.05) is 10.6 Å². The highest BCUT2D eigenvalue weighted by Gasteiger charge is 2.26. The van der Waals surface area contributed by atoms with Crippen LogP contribution in [0.2, 0.25) is 5.02 Å². The van der Waals surface area contributed by atoms with Gasteiger partial charge in [-0.3, -0.25) is 4.99 Å². The molecule has 4 nitrogen and oxygen atoms in total. The molecule has 0 radical (unpaired) electrons. The zero-order valence-electron chi connectivity index (χ0n) is 11.2. The van der Waals surface area contributed by atoms with Crippen molar-refractivity contribution in [2.24, 2.45) is 4.99 Å². The van der Waals surface area contributed by atoms with E-state index in [9.17, 15) is 8.42 Å². The molecule has 0 bridgehead atoms. The lowest BCUT2D eigenvalue weighted by atomic mass is 10.2. The van der Waals surface area contributed by atoms with Gasteiger partial charge in [-0.2, -0.15) is 0 Å². The number of benzene rings is 1. The fraction of sp³-hybridized carbons (Fsp3) is 0.267. The smallest absolute Gasteiger partial charge is 0.152 e. The second-order valence-corrected chi connectivity index (χ2v) is 7.71. The third kappa shape index (κ3) is 3.54. The number of rotatable bonds is 3. The fourth-order valence-electron chi connectivity index (χ4n) is 2.29. The molecule has 0 N–H and O–H groups in total. The first-order chi connectivity index (χ1) is 10.0. The molecule has 1 fully saturated rings. The Bertz CT molecular complexity index is 780. The molecule has 1 saturated heterocycles. The molecule has 0 amide bonds. The Morgan fingerprint density at radius 2 is 2.14 bits per heavy atom. The summed E-state index contributed by atoms with van der Waals surface area (Å²) in [4.78, 5) is 4.29. The lowest BCUT2D eigenvalue weighted by molar-refractivity contribution is 0.573. The Balaban J connectivity index is 1.74. The Labute approximate surface area is 128 Å². The van der Waals surface area contributed by atoms with Crippen LogP contribution in [0, 0.1) is 0 Å². The lowest BCUT2D eigenvalue weighted by Gasteiger charge is -1.98. The number of nitrogens with zero attached hydrogens (tertiary/aromatic N) is 1. The van der Waals surface area contributed by atoms with Crippen molar-refractivity contribution in [3.8, 4) is 11.3 Å². The average molecular weight is 324 g/mol. The summed E-state index contributed by atoms with van der Waals surface area (Å²) in [6.45, 7) is 0. The van der Waals surface area contributed by atoms with Crippen LogP contribution in [0.1, 0.15) is 12.2 Å². The minimum Gasteiger partial charge on any atom is -0.455 e. The quantitative estimate of drug-likeness (QED) is 0.815. The summed E-state index contributed by atoms with van der Waals surface area (Å²) in [5.41, 5.74) is 0.894. The monoisotopic (exact) mass is 323 g/mol. The summed E-state index contributed by atoms with van der Waals surface area (Å²) < 4.78 is 28.4. The van der Waals surface area contributed by atoms with Gasteiger partial charge in [0.1, 0.15) is 11.5 Å². The van der Waals surface area contributed by atoms with Crippen molar-refractivity contribution in [3.63, 3.8) is 0 Å². The van der Waals surface area contributed by atoms with E-state index in [-0.39, 0.29) is 17.5 Å². The van der Waals surface area contributed by atoms with E-state index in [4.69, 9.17) is 16.0 Å². The van der Waals surface area contributed by atoms with Gasteiger partial charge in [-0.15, -0.1) is 0 Å². The number of hydrogen-bond donors (Lipinski definition) is 0. The van der Waals surface area contributed by atoms with Gasteiger partial charge in [0.25, 0.3) is 0 Å². The van der Waals surface area contributed by atoms with E-state index < -0.39 is 9.84 Å². The zero-order chi connectivity index (χ0) is 14.9. The number of halogens is 1. The van der Waals surface area contributed by atoms with Crippen LogP contribution >= 0.6 is 11.6 Å². The lowest BCUT2D eigenvalue weighted by Crippen LogP contribution is -2.07. The van der Waals surface area contributed by atoms with Gasteiger partial charge >= 0.3 is 0 Å². The molecule has 1 atom stereocenters. The minimum absolute atomic E-state index is 0.130. The normalized spacial score (nSPS) is 21.1. The van der Waals surface area contributed by atoms with Gasteiger partial charge in [0.05, 0.1) is 23.8 Å². The Hall–Kier alpha value is -1.59. The largest absolute Gasteiger partial charge is 0.455 e. The van der Waals surface area contributed by atoms with Gasteiger partial charge in [-0.05, 0) is 30.7 Å². The van der Waals surface area contributed by atoms with Crippen molar-refractivity contribution >= 4 is 27.7 Å². The van der Waals surface area contributed by atoms with E-state index in [0.29, 0.717) is 23.0 Å². The molecule has 6 heteroatoms. The van der Waals surface area contributed by atoms with Crippen LogP contribution in [0.15, 0.2) is 45.8 Å². The summed E-state index contributed by atoms with van der Waals surface area (Å²) in [6, 6.07) is 10.9. The van der Waals surface area contributed by atoms with Crippen LogP contribution in [-0.2, 0) is 9.84 Å². The predicted molar refractivity (Wildman–Crippen MR) is 83.8 cm³/mol. The first kappa shape index (κ1) is 14.4. The van der Waals surface area contributed by atoms with Gasteiger partial charge in [0.15, 0.2) is 9.84 Å². The minimum atomic E-state index is -2.90. The number of hydrogen-bond acceptors (Lipinski definition) is 4. The van der Waals surface area contributed by atoms with E-state index in [0.717, 1.165) is 5.56 Å². The van der Waals surface area contributed by atoms with E-state index in [1.165, 1.54) is 0 Å². The van der Waals surface area contributed by atoms with Crippen LogP contribution in [0.3, 0.4) is 0 Å². The Kier molecular flexibility index (Phi) is 3.87. The second kappa shape index (κ2) is 5.66. The number of aliphatic imine (C=N–C) groups is 1. The third-order valence-electron chi connectivity index (χ3n) is 3.36. The summed E-state index contributed by atoms with van der Waals surface area (Å²) in [6.07, 6.45) is 2.18. The van der Waals surface area contributed by atoms with Crippen molar-refractivity contribution < 1.29 is 12.8 Å². The van der Waals surface area contributed by atoms with E-state index >= 15 is 0 Å². The van der Waals surface area contributed by atoms with E-state index in [1.54, 1.807) is 12.3 Å². The average Bonchev–Trinajstić information content (AvgIpc) is 3.03. The van der Waals surface area contributed by atoms with Gasteiger partial charge in [-0.25, -0.2) is 8.42 Å². The van der Waals surface area contributed by atoms with Crippen LogP contribution < -0.4 is 0 Å². The fourth-order valence-corrected chi connectivity index (χ4v) is 4.12. The number of sulfone groups is 1. The maximum Gasteiger partial charge on any atom is 0.152 e. The summed E-state index contributed by atoms with van der Waals surface area (Å²) >= 11 is 5.95. The molecule has 1 aliphatic heterocycles. The van der Waals surface area contributed by atoms with E-state index in [1.807, 2.05) is 30.3 Å². The van der Waals surface area contributed by atoms with Crippen molar-refractivity contribution in [1.82, 2.24) is 0 Å². The molecule has 1 aliphatic rings. The van der Waals surface area contributed by atoms with Crippen molar-refractivity contribution in [2.45, 2.75) is 12.5 Å². The molecule has 2 heterocycles. The third-order valence-corrected chi connectivity index (χ3v) is 5.34. The Morgan fingerprint density at radius 1 is 1.29 bits per heavy atom. The van der Waals surface area contributed by atoms with Crippen LogP contribution in [0.4, 0.5) is 0 Å². The van der Waals surface area contributed by atoms with Crippen molar-refractivity contribution in [1.29, 1.82) is 0 Å². The SMILES string of the molecule is O=S1(=O)CC[C@@H](N=Cc2ccc(-c3cccc(Cl)c3)o2)C1. The molecule has 0 saturated carbocycles. The summed E-state index contributed by atoms with van der Waals surface area (Å²) in [7, 11) is -2.90. The summed E-state index contributed by atoms with van der Waals surface area (Å²) in [5.74, 6) is 1.67. The van der Waals surface area contributed by atoms with Crippen molar-refractivity contribution in [3.05, 3.63) is 47.2 Å².